The maximum atomic E-state index is 12.0. The van der Waals surface area contributed by atoms with Gasteiger partial charge in [-0.05, 0) is 20.2 Å². The predicted octanol–water partition coefficient (Wildman–Crippen LogP) is -0.115. The molecule has 0 saturated carbocycles. The van der Waals surface area contributed by atoms with Crippen LogP contribution in [0.4, 0.5) is 11.8 Å². The average Bonchev–Trinajstić information content (AvgIpc) is 2.68. The number of likely N-dealkylation sites (N-methyl/N-ethyl adjacent to an activating group) is 1. The molecule has 2 aromatic heterocycles. The molecule has 2 aromatic rings. The van der Waals surface area contributed by atoms with Gasteiger partial charge in [0, 0.05) is 51.7 Å². The van der Waals surface area contributed by atoms with E-state index in [2.05, 4.69) is 35.1 Å². The standard InChI is InChI=1S/C17H24N8O/c1-23(2)7-6-18-16(26)14-12-22-15(13-21-14)24-8-10-25(11-9-24)17-19-4-3-5-20-17/h3-5,12-13H,6-11H2,1-2H3,(H,18,26). The van der Waals surface area contributed by atoms with E-state index in [1.165, 1.54) is 6.20 Å². The Balaban J connectivity index is 1.52. The Morgan fingerprint density at radius 3 is 2.35 bits per heavy atom. The number of nitrogens with zero attached hydrogens (tertiary/aromatic N) is 7. The molecule has 1 aliphatic rings. The Hall–Kier alpha value is -2.81. The molecule has 138 valence electrons. The van der Waals surface area contributed by atoms with Gasteiger partial charge in [-0.25, -0.2) is 19.9 Å². The van der Waals surface area contributed by atoms with Crippen LogP contribution >= 0.6 is 0 Å². The van der Waals surface area contributed by atoms with Crippen LogP contribution in [-0.4, -0.2) is 84.1 Å². The van der Waals surface area contributed by atoms with Gasteiger partial charge in [0.05, 0.1) is 12.4 Å². The van der Waals surface area contributed by atoms with Crippen LogP contribution in [-0.2, 0) is 0 Å². The monoisotopic (exact) mass is 356 g/mol. The number of aromatic nitrogens is 4. The van der Waals surface area contributed by atoms with Gasteiger partial charge in [0.1, 0.15) is 11.5 Å². The zero-order valence-electron chi connectivity index (χ0n) is 15.2. The fourth-order valence-electron chi connectivity index (χ4n) is 2.68. The zero-order chi connectivity index (χ0) is 18.4. The smallest absolute Gasteiger partial charge is 0.271 e. The van der Waals surface area contributed by atoms with Gasteiger partial charge >= 0.3 is 0 Å². The van der Waals surface area contributed by atoms with Gasteiger partial charge in [0.25, 0.3) is 5.91 Å². The minimum atomic E-state index is -0.197. The molecule has 9 nitrogen and oxygen atoms in total. The molecule has 1 saturated heterocycles. The van der Waals surface area contributed by atoms with Gasteiger partial charge in [-0.1, -0.05) is 0 Å². The summed E-state index contributed by atoms with van der Waals surface area (Å²) < 4.78 is 0. The number of piperazine rings is 1. The molecule has 0 bridgehead atoms. The Labute approximate surface area is 153 Å². The first kappa shape index (κ1) is 18.0. The molecule has 9 heteroatoms. The van der Waals surface area contributed by atoms with E-state index in [-0.39, 0.29) is 5.91 Å². The molecular weight excluding hydrogens is 332 g/mol. The molecule has 0 atom stereocenters. The summed E-state index contributed by atoms with van der Waals surface area (Å²) in [4.78, 5) is 35.6. The highest BCUT2D eigenvalue weighted by atomic mass is 16.1. The van der Waals surface area contributed by atoms with E-state index in [0.717, 1.165) is 44.5 Å². The van der Waals surface area contributed by atoms with Crippen molar-refractivity contribution in [2.75, 3.05) is 63.2 Å². The van der Waals surface area contributed by atoms with Gasteiger partial charge in [-0.2, -0.15) is 0 Å². The first-order chi connectivity index (χ1) is 12.6. The van der Waals surface area contributed by atoms with E-state index in [1.807, 2.05) is 25.1 Å². The lowest BCUT2D eigenvalue weighted by Crippen LogP contribution is -2.47. The summed E-state index contributed by atoms with van der Waals surface area (Å²) in [5, 5.41) is 2.84. The molecule has 3 heterocycles. The highest BCUT2D eigenvalue weighted by Gasteiger charge is 2.20. The van der Waals surface area contributed by atoms with Crippen LogP contribution in [0.2, 0.25) is 0 Å². The van der Waals surface area contributed by atoms with Crippen LogP contribution in [0.5, 0.6) is 0 Å². The summed E-state index contributed by atoms with van der Waals surface area (Å²) in [5.41, 5.74) is 0.337. The van der Waals surface area contributed by atoms with Gasteiger partial charge < -0.3 is 20.0 Å². The van der Waals surface area contributed by atoms with Crippen LogP contribution in [0.25, 0.3) is 0 Å². The third-order valence-corrected chi connectivity index (χ3v) is 4.15. The van der Waals surface area contributed by atoms with E-state index >= 15 is 0 Å². The van der Waals surface area contributed by atoms with Crippen molar-refractivity contribution in [3.8, 4) is 0 Å². The Morgan fingerprint density at radius 1 is 1.04 bits per heavy atom. The zero-order valence-corrected chi connectivity index (χ0v) is 15.2. The van der Waals surface area contributed by atoms with Crippen molar-refractivity contribution in [3.63, 3.8) is 0 Å². The van der Waals surface area contributed by atoms with Crippen molar-refractivity contribution in [1.29, 1.82) is 0 Å². The lowest BCUT2D eigenvalue weighted by atomic mass is 10.3. The van der Waals surface area contributed by atoms with Crippen LogP contribution in [0, 0.1) is 0 Å². The Bertz CT molecular complexity index is 698. The van der Waals surface area contributed by atoms with Crippen LogP contribution < -0.4 is 15.1 Å². The first-order valence-electron chi connectivity index (χ1n) is 8.65. The van der Waals surface area contributed by atoms with E-state index in [1.54, 1.807) is 18.6 Å². The quantitative estimate of drug-likeness (QED) is 0.766. The molecule has 1 aliphatic heterocycles. The maximum absolute atomic E-state index is 12.0. The molecule has 0 aromatic carbocycles. The summed E-state index contributed by atoms with van der Waals surface area (Å²) in [7, 11) is 3.93. The number of nitrogens with one attached hydrogen (secondary N) is 1. The fourth-order valence-corrected chi connectivity index (χ4v) is 2.68. The van der Waals surface area contributed by atoms with E-state index in [9.17, 15) is 4.79 Å². The molecule has 1 N–H and O–H groups in total. The molecule has 1 fully saturated rings. The summed E-state index contributed by atoms with van der Waals surface area (Å²) in [6.45, 7) is 4.62. The molecule has 26 heavy (non-hydrogen) atoms. The summed E-state index contributed by atoms with van der Waals surface area (Å²) in [5.74, 6) is 1.34. The second-order valence-electron chi connectivity index (χ2n) is 6.34. The number of amides is 1. The maximum Gasteiger partial charge on any atom is 0.271 e. The van der Waals surface area contributed by atoms with Crippen molar-refractivity contribution in [2.24, 2.45) is 0 Å². The van der Waals surface area contributed by atoms with Gasteiger partial charge in [-0.3, -0.25) is 4.79 Å². The van der Waals surface area contributed by atoms with Crippen molar-refractivity contribution in [2.45, 2.75) is 0 Å². The van der Waals surface area contributed by atoms with Gasteiger partial charge in [0.15, 0.2) is 0 Å². The lowest BCUT2D eigenvalue weighted by Gasteiger charge is -2.35. The van der Waals surface area contributed by atoms with Crippen molar-refractivity contribution in [3.05, 3.63) is 36.5 Å². The number of carbonyl (C=O) groups is 1. The van der Waals surface area contributed by atoms with E-state index in [4.69, 9.17) is 0 Å². The summed E-state index contributed by atoms with van der Waals surface area (Å²) in [6.07, 6.45) is 6.70. The van der Waals surface area contributed by atoms with Crippen molar-refractivity contribution < 1.29 is 4.79 Å². The normalized spacial score (nSPS) is 14.6. The van der Waals surface area contributed by atoms with Crippen molar-refractivity contribution >= 4 is 17.7 Å². The summed E-state index contributed by atoms with van der Waals surface area (Å²) in [6, 6.07) is 1.81. The molecule has 0 spiro atoms. The lowest BCUT2D eigenvalue weighted by molar-refractivity contribution is 0.0945. The molecule has 1 amide bonds. The highest BCUT2D eigenvalue weighted by Crippen LogP contribution is 2.15. The first-order valence-corrected chi connectivity index (χ1v) is 8.65. The molecule has 0 aliphatic carbocycles. The summed E-state index contributed by atoms with van der Waals surface area (Å²) >= 11 is 0. The largest absolute Gasteiger partial charge is 0.352 e. The van der Waals surface area contributed by atoms with Crippen LogP contribution in [0.1, 0.15) is 10.5 Å². The number of hydrogen-bond acceptors (Lipinski definition) is 8. The Morgan fingerprint density at radius 2 is 1.73 bits per heavy atom. The highest BCUT2D eigenvalue weighted by molar-refractivity contribution is 5.92. The number of hydrogen-bond donors (Lipinski definition) is 1. The molecule has 0 unspecified atom stereocenters. The SMILES string of the molecule is CN(C)CCNC(=O)c1cnc(N2CCN(c3ncccn3)CC2)cn1. The predicted molar refractivity (Wildman–Crippen MR) is 99.4 cm³/mol. The van der Waals surface area contributed by atoms with E-state index in [0.29, 0.717) is 12.2 Å². The average molecular weight is 356 g/mol. The van der Waals surface area contributed by atoms with Crippen LogP contribution in [0.15, 0.2) is 30.9 Å². The number of anilines is 2. The third kappa shape index (κ3) is 4.63. The second-order valence-corrected chi connectivity index (χ2v) is 6.34. The fraction of sp³-hybridized carbons (Fsp3) is 0.471. The molecule has 3 rings (SSSR count). The number of rotatable bonds is 6. The van der Waals surface area contributed by atoms with Crippen LogP contribution in [0.3, 0.4) is 0 Å². The second kappa shape index (κ2) is 8.52. The minimum Gasteiger partial charge on any atom is -0.352 e. The van der Waals surface area contributed by atoms with Crippen molar-refractivity contribution in [1.82, 2.24) is 30.2 Å². The molecular formula is C17H24N8O. The van der Waals surface area contributed by atoms with E-state index < -0.39 is 0 Å². The third-order valence-electron chi connectivity index (χ3n) is 4.15. The minimum absolute atomic E-state index is 0.197. The van der Waals surface area contributed by atoms with Gasteiger partial charge in [0.2, 0.25) is 5.95 Å². The number of carbonyl (C=O) groups excluding carboxylic acids is 1. The Kier molecular flexibility index (Phi) is 5.90. The van der Waals surface area contributed by atoms with Gasteiger partial charge in [-0.15, -0.1) is 0 Å². The topological polar surface area (TPSA) is 90.4 Å². The molecule has 0 radical (unpaired) electrons.